The Labute approximate surface area is 110 Å². The number of carboxylic acids is 1. The summed E-state index contributed by atoms with van der Waals surface area (Å²) in [6.07, 6.45) is 0.807. The normalized spacial score (nSPS) is 12.3. The zero-order valence-corrected chi connectivity index (χ0v) is 10.3. The molecule has 0 aliphatic heterocycles. The molecule has 0 aliphatic rings. The molecule has 5 nitrogen and oxygen atoms in total. The van der Waals surface area contributed by atoms with Gasteiger partial charge < -0.3 is 14.9 Å². The van der Waals surface area contributed by atoms with Crippen molar-refractivity contribution in [2.45, 2.75) is 18.9 Å². The van der Waals surface area contributed by atoms with Crippen molar-refractivity contribution in [3.05, 3.63) is 36.5 Å². The third-order valence-electron chi connectivity index (χ3n) is 2.71. The first-order valence-corrected chi connectivity index (χ1v) is 6.03. The number of carbonyl (C=O) groups is 1. The fourth-order valence-electron chi connectivity index (χ4n) is 1.80. The van der Waals surface area contributed by atoms with Crippen LogP contribution in [0.2, 0.25) is 0 Å². The van der Waals surface area contributed by atoms with Crippen molar-refractivity contribution in [2.24, 2.45) is 0 Å². The molecule has 0 fully saturated rings. The van der Waals surface area contributed by atoms with Gasteiger partial charge in [-0.3, -0.25) is 9.78 Å². The Balaban J connectivity index is 1.97. The van der Waals surface area contributed by atoms with Gasteiger partial charge in [0.05, 0.1) is 19.1 Å². The number of aromatic nitrogens is 1. The van der Waals surface area contributed by atoms with E-state index in [2.05, 4.69) is 4.98 Å². The van der Waals surface area contributed by atoms with E-state index in [1.165, 1.54) is 0 Å². The Kier molecular flexibility index (Phi) is 4.30. The number of pyridine rings is 1. The number of para-hydroxylation sites is 1. The van der Waals surface area contributed by atoms with Gasteiger partial charge in [-0.2, -0.15) is 0 Å². The van der Waals surface area contributed by atoms with Gasteiger partial charge in [-0.05, 0) is 12.1 Å². The fraction of sp³-hybridized carbons (Fsp3) is 0.286. The smallest absolute Gasteiger partial charge is 0.305 e. The summed E-state index contributed by atoms with van der Waals surface area (Å²) in [5.41, 5.74) is 0.762. The second-order valence-corrected chi connectivity index (χ2v) is 4.22. The number of carboxylic acid groups (broad SMARTS) is 1. The van der Waals surface area contributed by atoms with Crippen LogP contribution in [-0.4, -0.2) is 33.9 Å². The third-order valence-corrected chi connectivity index (χ3v) is 2.71. The van der Waals surface area contributed by atoms with Crippen LogP contribution in [0.5, 0.6) is 5.75 Å². The molecule has 1 aromatic carbocycles. The first-order valence-electron chi connectivity index (χ1n) is 6.03. The van der Waals surface area contributed by atoms with Crippen LogP contribution in [0.4, 0.5) is 0 Å². The lowest BCUT2D eigenvalue weighted by molar-refractivity contribution is -0.139. The van der Waals surface area contributed by atoms with E-state index < -0.39 is 12.1 Å². The molecule has 5 heteroatoms. The highest BCUT2D eigenvalue weighted by molar-refractivity contribution is 5.84. The van der Waals surface area contributed by atoms with Crippen LogP contribution >= 0.6 is 0 Å². The van der Waals surface area contributed by atoms with Gasteiger partial charge in [0.1, 0.15) is 11.3 Å². The molecule has 2 aromatic rings. The summed E-state index contributed by atoms with van der Waals surface area (Å²) in [6, 6.07) is 9.40. The molecule has 1 heterocycles. The molecule has 1 aromatic heterocycles. The molecule has 0 radical (unpaired) electrons. The SMILES string of the molecule is O=C(O)CC(O)CCOc1cccc2cccnc12. The minimum atomic E-state index is -1.01. The summed E-state index contributed by atoms with van der Waals surface area (Å²) in [5.74, 6) is -0.375. The minimum Gasteiger partial charge on any atom is -0.491 e. The molecule has 0 amide bonds. The van der Waals surface area contributed by atoms with Crippen molar-refractivity contribution in [2.75, 3.05) is 6.61 Å². The first-order chi connectivity index (χ1) is 9.16. The minimum absolute atomic E-state index is 0.254. The molecule has 0 spiro atoms. The fourth-order valence-corrected chi connectivity index (χ4v) is 1.80. The Bertz CT molecular complexity index is 565. The van der Waals surface area contributed by atoms with Crippen LogP contribution in [0.25, 0.3) is 10.9 Å². The van der Waals surface area contributed by atoms with E-state index in [1.54, 1.807) is 12.3 Å². The lowest BCUT2D eigenvalue weighted by Gasteiger charge is -2.11. The van der Waals surface area contributed by atoms with Crippen molar-refractivity contribution in [3.63, 3.8) is 0 Å². The highest BCUT2D eigenvalue weighted by atomic mass is 16.5. The maximum absolute atomic E-state index is 10.4. The zero-order chi connectivity index (χ0) is 13.7. The predicted octanol–water partition coefficient (Wildman–Crippen LogP) is 1.84. The maximum atomic E-state index is 10.4. The topological polar surface area (TPSA) is 79.7 Å². The third kappa shape index (κ3) is 3.66. The van der Waals surface area contributed by atoms with E-state index in [4.69, 9.17) is 9.84 Å². The summed E-state index contributed by atoms with van der Waals surface area (Å²) < 4.78 is 5.56. The second-order valence-electron chi connectivity index (χ2n) is 4.22. The first kappa shape index (κ1) is 13.3. The number of ether oxygens (including phenoxy) is 1. The van der Waals surface area contributed by atoms with Gasteiger partial charge in [0, 0.05) is 18.0 Å². The summed E-state index contributed by atoms with van der Waals surface area (Å²) in [4.78, 5) is 14.7. The van der Waals surface area contributed by atoms with Gasteiger partial charge in [0.2, 0.25) is 0 Å². The van der Waals surface area contributed by atoms with Crippen molar-refractivity contribution in [1.29, 1.82) is 0 Å². The molecule has 2 rings (SSSR count). The summed E-state index contributed by atoms with van der Waals surface area (Å²) in [7, 11) is 0. The molecule has 1 unspecified atom stereocenters. The van der Waals surface area contributed by atoms with Crippen LogP contribution in [-0.2, 0) is 4.79 Å². The second kappa shape index (κ2) is 6.15. The Hall–Kier alpha value is -2.14. The molecule has 2 N–H and O–H groups in total. The van der Waals surface area contributed by atoms with Gasteiger partial charge in [-0.1, -0.05) is 18.2 Å². The van der Waals surface area contributed by atoms with Crippen molar-refractivity contribution in [3.8, 4) is 5.75 Å². The number of hydrogen-bond acceptors (Lipinski definition) is 4. The predicted molar refractivity (Wildman–Crippen MR) is 70.1 cm³/mol. The Morgan fingerprint density at radius 1 is 1.32 bits per heavy atom. The van der Waals surface area contributed by atoms with Crippen LogP contribution in [0, 0.1) is 0 Å². The molecule has 0 saturated carbocycles. The number of hydrogen-bond donors (Lipinski definition) is 2. The number of aliphatic carboxylic acids is 1. The van der Waals surface area contributed by atoms with Crippen LogP contribution < -0.4 is 4.74 Å². The molecule has 1 atom stereocenters. The number of rotatable bonds is 6. The van der Waals surface area contributed by atoms with E-state index in [1.807, 2.05) is 24.3 Å². The summed E-state index contributed by atoms with van der Waals surface area (Å²) in [5, 5.41) is 18.9. The van der Waals surface area contributed by atoms with Crippen LogP contribution in [0.1, 0.15) is 12.8 Å². The van der Waals surface area contributed by atoms with Gasteiger partial charge in [0.25, 0.3) is 0 Å². The van der Waals surface area contributed by atoms with Gasteiger partial charge in [0.15, 0.2) is 0 Å². The number of fused-ring (bicyclic) bond motifs is 1. The monoisotopic (exact) mass is 261 g/mol. The standard InChI is InChI=1S/C14H15NO4/c16-11(9-13(17)18)6-8-19-12-5-1-3-10-4-2-7-15-14(10)12/h1-5,7,11,16H,6,8-9H2,(H,17,18). The zero-order valence-electron chi connectivity index (χ0n) is 10.3. The summed E-state index contributed by atoms with van der Waals surface area (Å²) in [6.45, 7) is 0.254. The highest BCUT2D eigenvalue weighted by Gasteiger charge is 2.10. The lowest BCUT2D eigenvalue weighted by Crippen LogP contribution is -2.16. The van der Waals surface area contributed by atoms with Gasteiger partial charge in [-0.25, -0.2) is 0 Å². The molecule has 19 heavy (non-hydrogen) atoms. The lowest BCUT2D eigenvalue weighted by atomic mass is 10.2. The Morgan fingerprint density at radius 2 is 2.11 bits per heavy atom. The van der Waals surface area contributed by atoms with E-state index >= 15 is 0 Å². The average Bonchev–Trinajstić information content (AvgIpc) is 2.38. The quantitative estimate of drug-likeness (QED) is 0.829. The largest absolute Gasteiger partial charge is 0.491 e. The van der Waals surface area contributed by atoms with Crippen LogP contribution in [0.3, 0.4) is 0 Å². The highest BCUT2D eigenvalue weighted by Crippen LogP contribution is 2.23. The Morgan fingerprint density at radius 3 is 2.89 bits per heavy atom. The number of aliphatic hydroxyl groups excluding tert-OH is 1. The van der Waals surface area contributed by atoms with E-state index in [9.17, 15) is 9.90 Å². The van der Waals surface area contributed by atoms with Crippen molar-refractivity contribution in [1.82, 2.24) is 4.98 Å². The molecular weight excluding hydrogens is 246 g/mol. The number of nitrogens with zero attached hydrogens (tertiary/aromatic N) is 1. The number of benzene rings is 1. The van der Waals surface area contributed by atoms with E-state index in [0.717, 1.165) is 10.9 Å². The van der Waals surface area contributed by atoms with Crippen molar-refractivity contribution >= 4 is 16.9 Å². The maximum Gasteiger partial charge on any atom is 0.305 e. The van der Waals surface area contributed by atoms with E-state index in [0.29, 0.717) is 5.75 Å². The molecule has 0 saturated heterocycles. The summed E-state index contributed by atoms with van der Waals surface area (Å²) >= 11 is 0. The molecule has 100 valence electrons. The van der Waals surface area contributed by atoms with Gasteiger partial charge >= 0.3 is 5.97 Å². The van der Waals surface area contributed by atoms with E-state index in [-0.39, 0.29) is 19.4 Å². The molecule has 0 bridgehead atoms. The molecule has 0 aliphatic carbocycles. The average molecular weight is 261 g/mol. The van der Waals surface area contributed by atoms with Gasteiger partial charge in [-0.15, -0.1) is 0 Å². The molecular formula is C14H15NO4. The van der Waals surface area contributed by atoms with Crippen molar-refractivity contribution < 1.29 is 19.7 Å². The number of aliphatic hydroxyl groups is 1. The van der Waals surface area contributed by atoms with Crippen LogP contribution in [0.15, 0.2) is 36.5 Å².